The molecule has 1 heterocycles. The lowest BCUT2D eigenvalue weighted by molar-refractivity contribution is -0.136. The Bertz CT molecular complexity index is 839. The number of hydrogen-bond acceptors (Lipinski definition) is 2. The molecule has 21 heavy (non-hydrogen) atoms. The van der Waals surface area contributed by atoms with E-state index in [-0.39, 0.29) is 12.2 Å². The molecule has 0 saturated carbocycles. The maximum absolute atomic E-state index is 13.9. The minimum atomic E-state index is -0.889. The lowest BCUT2D eigenvalue weighted by Crippen LogP contribution is -1.99. The molecule has 0 spiro atoms. The molecule has 1 N–H and O–H groups in total. The predicted molar refractivity (Wildman–Crippen MR) is 77.4 cm³/mol. The van der Waals surface area contributed by atoms with Crippen molar-refractivity contribution in [1.82, 2.24) is 9.55 Å². The molecule has 0 fully saturated rings. The van der Waals surface area contributed by atoms with Gasteiger partial charge < -0.3 is 9.67 Å². The highest BCUT2D eigenvalue weighted by atomic mass is 19.1. The molecule has 0 amide bonds. The maximum Gasteiger partial charge on any atom is 0.307 e. The highest BCUT2D eigenvalue weighted by Crippen LogP contribution is 2.26. The van der Waals surface area contributed by atoms with Crippen molar-refractivity contribution in [3.05, 3.63) is 53.8 Å². The van der Waals surface area contributed by atoms with Gasteiger partial charge in [-0.25, -0.2) is 9.37 Å². The summed E-state index contributed by atoms with van der Waals surface area (Å²) in [6.45, 7) is 0. The highest BCUT2D eigenvalue weighted by Gasteiger charge is 2.13. The zero-order valence-corrected chi connectivity index (χ0v) is 11.4. The molecule has 5 heteroatoms. The molecular weight excluding hydrogens is 271 g/mol. The normalized spacial score (nSPS) is 11.0. The smallest absolute Gasteiger partial charge is 0.307 e. The Hall–Kier alpha value is -2.69. The number of aliphatic carboxylic acids is 1. The summed E-state index contributed by atoms with van der Waals surface area (Å²) in [5.74, 6) is -0.697. The molecule has 0 unspecified atom stereocenters. The van der Waals surface area contributed by atoms with Crippen LogP contribution in [-0.2, 0) is 18.3 Å². The number of imidazole rings is 1. The number of rotatable bonds is 3. The van der Waals surface area contributed by atoms with Gasteiger partial charge >= 0.3 is 5.97 Å². The van der Waals surface area contributed by atoms with Crippen molar-refractivity contribution in [2.45, 2.75) is 6.42 Å². The van der Waals surface area contributed by atoms with Crippen LogP contribution in [0, 0.1) is 5.82 Å². The van der Waals surface area contributed by atoms with Gasteiger partial charge in [-0.2, -0.15) is 0 Å². The summed E-state index contributed by atoms with van der Waals surface area (Å²) in [5.41, 5.74) is 2.60. The number of halogens is 1. The van der Waals surface area contributed by atoms with E-state index in [0.717, 1.165) is 5.52 Å². The van der Waals surface area contributed by atoms with Gasteiger partial charge in [-0.3, -0.25) is 4.79 Å². The number of carboxylic acid groups (broad SMARTS) is 1. The second-order valence-electron chi connectivity index (χ2n) is 4.87. The fourth-order valence-electron chi connectivity index (χ4n) is 2.41. The molecule has 2 aromatic carbocycles. The molecule has 3 rings (SSSR count). The van der Waals surface area contributed by atoms with Crippen LogP contribution in [0.5, 0.6) is 0 Å². The van der Waals surface area contributed by atoms with Crippen LogP contribution in [0.4, 0.5) is 4.39 Å². The van der Waals surface area contributed by atoms with E-state index in [1.165, 1.54) is 6.07 Å². The Morgan fingerprint density at radius 2 is 2.05 bits per heavy atom. The fraction of sp³-hybridized carbons (Fsp3) is 0.125. The molecule has 106 valence electrons. The first-order valence-corrected chi connectivity index (χ1v) is 6.48. The Morgan fingerprint density at radius 3 is 2.76 bits per heavy atom. The van der Waals surface area contributed by atoms with E-state index < -0.39 is 5.97 Å². The Kier molecular flexibility index (Phi) is 3.17. The van der Waals surface area contributed by atoms with Crippen LogP contribution >= 0.6 is 0 Å². The Labute approximate surface area is 120 Å². The number of hydrogen-bond donors (Lipinski definition) is 1. The molecule has 0 radical (unpaired) electrons. The standard InChI is InChI=1S/C16H13FN2O2/c1-19-14-7-6-10(9-15(20)21)8-13(14)18-16(19)11-4-2-3-5-12(11)17/h2-8H,9H2,1H3,(H,20,21). The molecule has 4 nitrogen and oxygen atoms in total. The third-order valence-electron chi connectivity index (χ3n) is 3.42. The number of aromatic nitrogens is 2. The van der Waals surface area contributed by atoms with Gasteiger partial charge in [0, 0.05) is 7.05 Å². The number of nitrogens with zero attached hydrogens (tertiary/aromatic N) is 2. The average Bonchev–Trinajstić information content (AvgIpc) is 2.75. The van der Waals surface area contributed by atoms with Crippen molar-refractivity contribution < 1.29 is 14.3 Å². The minimum absolute atomic E-state index is 0.0540. The van der Waals surface area contributed by atoms with Crippen molar-refractivity contribution >= 4 is 17.0 Å². The monoisotopic (exact) mass is 284 g/mol. The molecule has 3 aromatic rings. The summed E-state index contributed by atoms with van der Waals surface area (Å²) in [7, 11) is 1.81. The second kappa shape index (κ2) is 5.01. The second-order valence-corrected chi connectivity index (χ2v) is 4.87. The summed E-state index contributed by atoms with van der Waals surface area (Å²) in [5, 5.41) is 8.84. The maximum atomic E-state index is 13.9. The van der Waals surface area contributed by atoms with Gasteiger partial charge in [0.05, 0.1) is 23.0 Å². The van der Waals surface area contributed by atoms with Crippen LogP contribution in [0.1, 0.15) is 5.56 Å². The van der Waals surface area contributed by atoms with E-state index in [4.69, 9.17) is 5.11 Å². The van der Waals surface area contributed by atoms with Crippen molar-refractivity contribution in [2.24, 2.45) is 7.05 Å². The summed E-state index contributed by atoms with van der Waals surface area (Å²) >= 11 is 0. The number of carboxylic acids is 1. The first kappa shape index (κ1) is 13.3. The fourth-order valence-corrected chi connectivity index (χ4v) is 2.41. The van der Waals surface area contributed by atoms with Crippen LogP contribution in [0.25, 0.3) is 22.4 Å². The SMILES string of the molecule is Cn1c(-c2ccccc2F)nc2cc(CC(=O)O)ccc21. The van der Waals surface area contributed by atoms with Crippen molar-refractivity contribution in [3.8, 4) is 11.4 Å². The summed E-state index contributed by atoms with van der Waals surface area (Å²) in [6, 6.07) is 11.8. The Balaban J connectivity index is 2.15. The highest BCUT2D eigenvalue weighted by molar-refractivity contribution is 5.82. The van der Waals surface area contributed by atoms with E-state index in [2.05, 4.69) is 4.98 Å². The molecule has 0 aliphatic heterocycles. The summed E-state index contributed by atoms with van der Waals surface area (Å²) in [4.78, 5) is 15.2. The number of benzene rings is 2. The van der Waals surface area contributed by atoms with Gasteiger partial charge in [-0.05, 0) is 29.8 Å². The van der Waals surface area contributed by atoms with Crippen LogP contribution < -0.4 is 0 Å². The van der Waals surface area contributed by atoms with E-state index in [9.17, 15) is 9.18 Å². The molecule has 0 atom stereocenters. The summed E-state index contributed by atoms with van der Waals surface area (Å²) < 4.78 is 15.7. The quantitative estimate of drug-likeness (QED) is 0.804. The molecule has 0 saturated heterocycles. The number of carbonyl (C=O) groups is 1. The zero-order valence-electron chi connectivity index (χ0n) is 11.4. The van der Waals surface area contributed by atoms with Crippen molar-refractivity contribution in [2.75, 3.05) is 0 Å². The van der Waals surface area contributed by atoms with Crippen LogP contribution in [-0.4, -0.2) is 20.6 Å². The van der Waals surface area contributed by atoms with Crippen LogP contribution in [0.2, 0.25) is 0 Å². The van der Waals surface area contributed by atoms with Crippen LogP contribution in [0.3, 0.4) is 0 Å². The first-order chi connectivity index (χ1) is 10.1. The van der Waals surface area contributed by atoms with E-state index in [1.54, 1.807) is 34.9 Å². The minimum Gasteiger partial charge on any atom is -0.481 e. The van der Waals surface area contributed by atoms with E-state index >= 15 is 0 Å². The van der Waals surface area contributed by atoms with E-state index in [1.807, 2.05) is 13.1 Å². The third-order valence-corrected chi connectivity index (χ3v) is 3.42. The topological polar surface area (TPSA) is 55.1 Å². The molecular formula is C16H13FN2O2. The molecule has 0 bridgehead atoms. The molecule has 0 aliphatic rings. The van der Waals surface area contributed by atoms with Crippen LogP contribution in [0.15, 0.2) is 42.5 Å². The molecule has 1 aromatic heterocycles. The predicted octanol–water partition coefficient (Wildman–Crippen LogP) is 3.01. The van der Waals surface area contributed by atoms with Gasteiger partial charge in [0.2, 0.25) is 0 Å². The molecule has 0 aliphatic carbocycles. The largest absolute Gasteiger partial charge is 0.481 e. The van der Waals surface area contributed by atoms with Crippen molar-refractivity contribution in [1.29, 1.82) is 0 Å². The number of fused-ring (bicyclic) bond motifs is 1. The van der Waals surface area contributed by atoms with Gasteiger partial charge in [0.15, 0.2) is 0 Å². The first-order valence-electron chi connectivity index (χ1n) is 6.48. The Morgan fingerprint density at radius 1 is 1.29 bits per heavy atom. The average molecular weight is 284 g/mol. The lowest BCUT2D eigenvalue weighted by Gasteiger charge is -2.03. The van der Waals surface area contributed by atoms with E-state index in [0.29, 0.717) is 22.5 Å². The number of aryl methyl sites for hydroxylation is 1. The van der Waals surface area contributed by atoms with Gasteiger partial charge in [-0.15, -0.1) is 0 Å². The van der Waals surface area contributed by atoms with Gasteiger partial charge in [-0.1, -0.05) is 18.2 Å². The summed E-state index contributed by atoms with van der Waals surface area (Å²) in [6.07, 6.45) is -0.0540. The van der Waals surface area contributed by atoms with Gasteiger partial charge in [0.25, 0.3) is 0 Å². The lowest BCUT2D eigenvalue weighted by atomic mass is 10.1. The third kappa shape index (κ3) is 2.38. The van der Waals surface area contributed by atoms with Gasteiger partial charge in [0.1, 0.15) is 11.6 Å². The van der Waals surface area contributed by atoms with Crippen molar-refractivity contribution in [3.63, 3.8) is 0 Å². The zero-order chi connectivity index (χ0) is 15.0.